The van der Waals surface area contributed by atoms with Gasteiger partial charge >= 0.3 is 0 Å². The molecule has 3 spiro atoms. The van der Waals surface area contributed by atoms with Crippen LogP contribution in [0.2, 0.25) is 0 Å². The number of Topliss-reactive ketones (excluding diaryl/α,β-unsaturated/α-hetero) is 1. The zero-order chi connectivity index (χ0) is 56.9. The number of ether oxygens (including phenoxy) is 4. The van der Waals surface area contributed by atoms with Gasteiger partial charge in [-0.2, -0.15) is 0 Å². The van der Waals surface area contributed by atoms with Crippen LogP contribution in [0.3, 0.4) is 0 Å². The Morgan fingerprint density at radius 2 is 1.70 bits per heavy atom. The summed E-state index contributed by atoms with van der Waals surface area (Å²) in [5.41, 5.74) is 12.6. The fourth-order valence-electron chi connectivity index (χ4n) is 14.9. The minimum absolute atomic E-state index is 0.00804. The number of rotatable bonds is 8. The number of aliphatic imine (C=N–C) groups is 1. The molecule has 6 bridgehead atoms. The van der Waals surface area contributed by atoms with Crippen LogP contribution in [-0.2, 0) is 48.1 Å². The fourth-order valence-corrected chi connectivity index (χ4v) is 17.8. The van der Waals surface area contributed by atoms with Crippen molar-refractivity contribution in [2.24, 2.45) is 45.2 Å². The number of carbonyl (C=O) groups excluding carboxylic acids is 1. The molecule has 15 nitrogen and oxygen atoms in total. The second-order valence-corrected chi connectivity index (χ2v) is 27.4. The molecular weight excluding hydrogens is 1060 g/mol. The highest BCUT2D eigenvalue weighted by Gasteiger charge is 2.56. The lowest BCUT2D eigenvalue weighted by molar-refractivity contribution is -0.121. The third-order valence-electron chi connectivity index (χ3n) is 19.3. The number of phenols is 2. The van der Waals surface area contributed by atoms with Crippen molar-refractivity contribution < 1.29 is 54.4 Å². The molecule has 0 saturated heterocycles. The molecule has 438 valence electrons. The van der Waals surface area contributed by atoms with Crippen molar-refractivity contribution in [3.05, 3.63) is 75.3 Å². The van der Waals surface area contributed by atoms with Gasteiger partial charge in [0.1, 0.15) is 18.3 Å². The maximum absolute atomic E-state index is 13.5. The molecule has 17 heteroatoms. The monoisotopic (exact) mass is 1150 g/mol. The summed E-state index contributed by atoms with van der Waals surface area (Å²) in [5, 5.41) is 73.5. The van der Waals surface area contributed by atoms with E-state index in [0.29, 0.717) is 77.8 Å². The second-order valence-electron chi connectivity index (χ2n) is 24.8. The second kappa shape index (κ2) is 26.0. The lowest BCUT2D eigenvalue weighted by atomic mass is 9.57. The van der Waals surface area contributed by atoms with E-state index in [1.165, 1.54) is 17.2 Å². The Hall–Kier alpha value is -4.82. The van der Waals surface area contributed by atoms with Crippen molar-refractivity contribution in [2.45, 2.75) is 178 Å². The van der Waals surface area contributed by atoms with Crippen LogP contribution in [0.5, 0.6) is 28.7 Å². The average Bonchev–Trinajstić information content (AvgIpc) is 3.94. The van der Waals surface area contributed by atoms with E-state index in [0.717, 1.165) is 87.5 Å². The minimum atomic E-state index is -1.27. The standard InChI is InChI=1S/C64H84N4O11S2/c1-39(2)55-34-81-80-33-53-52-30-51-42-12-17-48(73)29-47(72)16-11-40-14-20-56(74)58(78-38-70)50(40)9-4-7-43(27-42)57(59(51)79-60(52)75)77-37-66-64(23-6-10-54(53)67-61(65)68-55)36-63(24-21-45(64)15-19-49(32-69)76-3)26-25-62(35-63)22-5-8-41-28-46(71)18-13-44(41)31-62/h13-14,18,20,27-28,39,45,48-49,52-55,60,66,69-71,73-75H,5,7-8,11-12,15-17,19,21-26,29-38H2,1-3H3,(H3,65,67,68)/t45-,48-,49+,52+,53+,54-,55+,60-,62-,63-,64+/m1/s1. The molecule has 2 fully saturated rings. The molecule has 11 atom stereocenters. The van der Waals surface area contributed by atoms with Crippen molar-refractivity contribution in [1.29, 1.82) is 0 Å². The molecule has 81 heavy (non-hydrogen) atoms. The van der Waals surface area contributed by atoms with Crippen LogP contribution in [0.15, 0.2) is 41.4 Å². The normalized spacial score (nSPS) is 31.1. The molecule has 0 aromatic heterocycles. The number of nitrogens with zero attached hydrogens (tertiary/aromatic N) is 1. The zero-order valence-electron chi connectivity index (χ0n) is 47.4. The van der Waals surface area contributed by atoms with E-state index >= 15 is 0 Å². The third-order valence-corrected chi connectivity index (χ3v) is 21.8. The molecule has 0 radical (unpaired) electrons. The number of aliphatic hydroxyl groups is 4. The molecular formula is C64H84N4O11S2. The Kier molecular flexibility index (Phi) is 19.0. The number of hydrogen-bond donors (Lipinski definition) is 9. The van der Waals surface area contributed by atoms with Crippen molar-refractivity contribution in [3.63, 3.8) is 0 Å². The van der Waals surface area contributed by atoms with Crippen molar-refractivity contribution in [1.82, 2.24) is 10.6 Å². The number of nitrogens with one attached hydrogen (secondary N) is 2. The number of nitrogens with two attached hydrogens (primary N) is 1. The van der Waals surface area contributed by atoms with Crippen LogP contribution >= 0.6 is 21.6 Å². The lowest BCUT2D eigenvalue weighted by Crippen LogP contribution is -2.58. The van der Waals surface area contributed by atoms with Gasteiger partial charge in [0.05, 0.1) is 36.5 Å². The summed E-state index contributed by atoms with van der Waals surface area (Å²) >= 11 is 0. The number of ketones is 1. The summed E-state index contributed by atoms with van der Waals surface area (Å²) in [6.07, 6.45) is 11.5. The van der Waals surface area contributed by atoms with Gasteiger partial charge in [-0.05, 0) is 166 Å². The number of aromatic hydroxyl groups is 2. The SMILES string of the molecule is CO[C@H](CO)CC[C@@H]1CC[C@]2(CC[C@@]3(CCCc4cc(O)ccc4C3)C2)C[C@@]12CC#C[C@H]1NC(N)=N[C@H](C(C)C)CSSC[C@H]1[C@@H]1Cc3c4cc(c(c3O[C@H]1O)OCN2)CC#Cc1c(ccc(O)c1OCO)CCC(=O)C[C@H](O)CC4. The van der Waals surface area contributed by atoms with E-state index in [1.807, 2.05) is 12.1 Å². The molecule has 10 N–H and O–H groups in total. The van der Waals surface area contributed by atoms with Gasteiger partial charge in [0.15, 0.2) is 35.8 Å². The van der Waals surface area contributed by atoms with Crippen molar-refractivity contribution in [2.75, 3.05) is 38.7 Å². The number of carbonyl (C=O) groups is 1. The third kappa shape index (κ3) is 13.4. The molecule has 4 heterocycles. The van der Waals surface area contributed by atoms with Crippen LogP contribution < -0.4 is 30.6 Å². The first-order chi connectivity index (χ1) is 39.1. The molecule has 2 saturated carbocycles. The topological polar surface area (TPSA) is 238 Å². The summed E-state index contributed by atoms with van der Waals surface area (Å²) in [4.78, 5) is 18.5. The highest BCUT2D eigenvalue weighted by Crippen LogP contribution is 2.63. The van der Waals surface area contributed by atoms with E-state index in [9.17, 15) is 35.4 Å². The number of aryl methyl sites for hydroxylation is 3. The predicted molar refractivity (Wildman–Crippen MR) is 316 cm³/mol. The number of fused-ring (bicyclic) bond motifs is 8. The number of guanidine groups is 1. The molecule has 11 rings (SSSR count). The fraction of sp³-hybridized carbons (Fsp3) is 0.625. The summed E-state index contributed by atoms with van der Waals surface area (Å²) < 4.78 is 25.4. The molecule has 0 amide bonds. The maximum atomic E-state index is 13.5. The van der Waals surface area contributed by atoms with Gasteiger partial charge in [0.2, 0.25) is 6.29 Å². The average molecular weight is 1150 g/mol. The number of hydrogen-bond acceptors (Lipinski definition) is 17. The smallest absolute Gasteiger partial charge is 0.201 e. The first-order valence-electron chi connectivity index (χ1n) is 29.6. The van der Waals surface area contributed by atoms with Crippen LogP contribution in [0.4, 0.5) is 0 Å². The van der Waals surface area contributed by atoms with Gasteiger partial charge in [-0.1, -0.05) is 77.3 Å². The Bertz CT molecular complexity index is 2910. The molecule has 4 aliphatic carbocycles. The summed E-state index contributed by atoms with van der Waals surface area (Å²) in [5.74, 6) is 16.4. The first kappa shape index (κ1) is 59.3. The van der Waals surface area contributed by atoms with Crippen LogP contribution in [-0.4, -0.2) is 117 Å². The Morgan fingerprint density at radius 3 is 2.52 bits per heavy atom. The summed E-state index contributed by atoms with van der Waals surface area (Å²) in [6.45, 7) is 3.61. The summed E-state index contributed by atoms with van der Waals surface area (Å²) in [6, 6.07) is 10.7. The highest BCUT2D eigenvalue weighted by atomic mass is 33.1. The van der Waals surface area contributed by atoms with E-state index in [-0.39, 0.29) is 97.0 Å². The molecule has 4 aliphatic heterocycles. The molecule has 8 aliphatic rings. The first-order valence-corrected chi connectivity index (χ1v) is 32.1. The van der Waals surface area contributed by atoms with Gasteiger partial charge in [0.25, 0.3) is 0 Å². The van der Waals surface area contributed by atoms with Gasteiger partial charge in [-0.15, -0.1) is 0 Å². The van der Waals surface area contributed by atoms with E-state index < -0.39 is 36.7 Å². The quantitative estimate of drug-likeness (QED) is 0.0594. The van der Waals surface area contributed by atoms with E-state index in [2.05, 4.69) is 60.3 Å². The lowest BCUT2D eigenvalue weighted by Gasteiger charge is -2.52. The van der Waals surface area contributed by atoms with E-state index in [1.54, 1.807) is 34.8 Å². The molecule has 0 unspecified atom stereocenters. The largest absolute Gasteiger partial charge is 0.508 e. The van der Waals surface area contributed by atoms with Crippen LogP contribution in [0.1, 0.15) is 143 Å². The molecule has 3 aromatic rings. The zero-order valence-corrected chi connectivity index (χ0v) is 49.0. The van der Waals surface area contributed by atoms with Gasteiger partial charge in [0, 0.05) is 72.8 Å². The summed E-state index contributed by atoms with van der Waals surface area (Å²) in [7, 11) is 5.17. The van der Waals surface area contributed by atoms with Crippen LogP contribution in [0, 0.1) is 58.2 Å². The Balaban J connectivity index is 1.11. The van der Waals surface area contributed by atoms with Crippen molar-refractivity contribution >= 4 is 33.3 Å². The Morgan fingerprint density at radius 1 is 0.877 bits per heavy atom. The number of methoxy groups -OCH3 is 1. The minimum Gasteiger partial charge on any atom is -0.508 e. The van der Waals surface area contributed by atoms with Crippen molar-refractivity contribution in [3.8, 4) is 52.4 Å². The van der Waals surface area contributed by atoms with Crippen LogP contribution in [0.25, 0.3) is 0 Å². The number of aliphatic hydroxyl groups excluding tert-OH is 4. The van der Waals surface area contributed by atoms with Gasteiger partial charge in [-0.3, -0.25) is 10.1 Å². The highest BCUT2D eigenvalue weighted by molar-refractivity contribution is 8.76. The number of benzene rings is 3. The predicted octanol–water partition coefficient (Wildman–Crippen LogP) is 7.79. The van der Waals surface area contributed by atoms with Gasteiger partial charge < -0.3 is 60.6 Å². The number of phenolic OH excluding ortho intramolecular Hbond substituents is 2. The van der Waals surface area contributed by atoms with Gasteiger partial charge in [-0.25, -0.2) is 4.99 Å². The molecule has 3 aromatic carbocycles. The Labute approximate surface area is 486 Å². The van der Waals surface area contributed by atoms with E-state index in [4.69, 9.17) is 29.7 Å². The maximum Gasteiger partial charge on any atom is 0.201 e.